The Balaban J connectivity index is 3.53. The van der Waals surface area contributed by atoms with Crippen molar-refractivity contribution < 1.29 is 19.8 Å². The topological polar surface area (TPSA) is 77.8 Å². The summed E-state index contributed by atoms with van der Waals surface area (Å²) in [7, 11) is 0. The van der Waals surface area contributed by atoms with Crippen LogP contribution in [0.1, 0.15) is 0 Å². The second kappa shape index (κ2) is 4.24. The van der Waals surface area contributed by atoms with Crippen molar-refractivity contribution >= 4 is 28.1 Å². The Morgan fingerprint density at radius 3 is 1.70 bits per heavy atom. The van der Waals surface area contributed by atoms with Crippen molar-refractivity contribution in [2.45, 2.75) is 0 Å². The van der Waals surface area contributed by atoms with Gasteiger partial charge in [-0.2, -0.15) is 0 Å². The Morgan fingerprint density at radius 2 is 1.50 bits per heavy atom. The van der Waals surface area contributed by atoms with Gasteiger partial charge in [0, 0.05) is 16.1 Å². The number of carboxylic acids is 2. The van der Waals surface area contributed by atoms with Crippen LogP contribution in [0.5, 0.6) is 0 Å². The van der Waals surface area contributed by atoms with E-state index in [2.05, 4.69) is 16.1 Å². The standard InChI is InChI=1S/C4H6BrNO4/c5-6(1-3(7)8)2-4(9)10/h1-2H2,(H,7,8)(H,9,10). The Morgan fingerprint density at radius 1 is 1.20 bits per heavy atom. The second-order valence-electron chi connectivity index (χ2n) is 1.57. The van der Waals surface area contributed by atoms with E-state index in [1.54, 1.807) is 0 Å². The summed E-state index contributed by atoms with van der Waals surface area (Å²) in [6.07, 6.45) is 0. The molecule has 0 amide bonds. The molecule has 0 aliphatic carbocycles. The highest BCUT2D eigenvalue weighted by Crippen LogP contribution is 1.94. The quantitative estimate of drug-likeness (QED) is 0.629. The van der Waals surface area contributed by atoms with E-state index in [9.17, 15) is 9.59 Å². The summed E-state index contributed by atoms with van der Waals surface area (Å²) in [6, 6.07) is 0. The molecule has 0 radical (unpaired) electrons. The maximum Gasteiger partial charge on any atom is 0.318 e. The summed E-state index contributed by atoms with van der Waals surface area (Å²) in [5.74, 6) is -2.14. The summed E-state index contributed by atoms with van der Waals surface area (Å²) >= 11 is 2.75. The average Bonchev–Trinajstić information content (AvgIpc) is 1.58. The maximum atomic E-state index is 9.93. The summed E-state index contributed by atoms with van der Waals surface area (Å²) < 4.78 is 1.01. The molecule has 0 saturated heterocycles. The minimum Gasteiger partial charge on any atom is -0.480 e. The minimum absolute atomic E-state index is 0.327. The zero-order chi connectivity index (χ0) is 8.15. The Labute approximate surface area is 65.6 Å². The van der Waals surface area contributed by atoms with Crippen LogP contribution in [-0.2, 0) is 9.59 Å². The molecule has 0 aliphatic rings. The van der Waals surface area contributed by atoms with E-state index in [1.807, 2.05) is 0 Å². The molecular weight excluding hydrogens is 206 g/mol. The summed E-state index contributed by atoms with van der Waals surface area (Å²) in [4.78, 5) is 19.9. The number of carboxylic acid groups (broad SMARTS) is 2. The van der Waals surface area contributed by atoms with Crippen LogP contribution >= 0.6 is 16.1 Å². The Bertz CT molecular complexity index is 132. The highest BCUT2D eigenvalue weighted by Gasteiger charge is 2.08. The Kier molecular flexibility index (Phi) is 3.97. The predicted octanol–water partition coefficient (Wildman–Crippen LogP) is -0.232. The van der Waals surface area contributed by atoms with Gasteiger partial charge < -0.3 is 10.2 Å². The van der Waals surface area contributed by atoms with E-state index in [1.165, 1.54) is 0 Å². The van der Waals surface area contributed by atoms with Crippen LogP contribution in [0, 0.1) is 0 Å². The number of halogens is 1. The maximum absolute atomic E-state index is 9.93. The van der Waals surface area contributed by atoms with E-state index in [4.69, 9.17) is 10.2 Å². The molecule has 0 aromatic rings. The zero-order valence-corrected chi connectivity index (χ0v) is 6.54. The molecule has 10 heavy (non-hydrogen) atoms. The van der Waals surface area contributed by atoms with Crippen LogP contribution in [0.3, 0.4) is 0 Å². The van der Waals surface area contributed by atoms with E-state index in [-0.39, 0.29) is 13.1 Å². The molecule has 0 aliphatic heterocycles. The predicted molar refractivity (Wildman–Crippen MR) is 35.8 cm³/mol. The fraction of sp³-hybridized carbons (Fsp3) is 0.500. The van der Waals surface area contributed by atoms with Crippen molar-refractivity contribution in [3.63, 3.8) is 0 Å². The molecule has 0 saturated carbocycles. The van der Waals surface area contributed by atoms with Gasteiger partial charge in [-0.25, -0.2) is 3.93 Å². The lowest BCUT2D eigenvalue weighted by Gasteiger charge is -2.05. The van der Waals surface area contributed by atoms with Crippen molar-refractivity contribution in [1.82, 2.24) is 3.93 Å². The number of carbonyl (C=O) groups is 2. The third-order valence-electron chi connectivity index (χ3n) is 0.614. The first-order valence-corrected chi connectivity index (χ1v) is 3.07. The van der Waals surface area contributed by atoms with E-state index in [0.717, 1.165) is 3.93 Å². The van der Waals surface area contributed by atoms with Crippen molar-refractivity contribution in [1.29, 1.82) is 0 Å². The second-order valence-corrected chi connectivity index (χ2v) is 2.57. The summed E-state index contributed by atoms with van der Waals surface area (Å²) in [6.45, 7) is -0.654. The fourth-order valence-corrected chi connectivity index (χ4v) is 0.778. The number of nitrogens with zero attached hydrogens (tertiary/aromatic N) is 1. The molecule has 0 unspecified atom stereocenters. The van der Waals surface area contributed by atoms with Crippen LogP contribution < -0.4 is 0 Å². The van der Waals surface area contributed by atoms with Crippen molar-refractivity contribution in [3.8, 4) is 0 Å². The highest BCUT2D eigenvalue weighted by atomic mass is 79.9. The third-order valence-corrected chi connectivity index (χ3v) is 1.12. The molecule has 0 fully saturated rings. The molecule has 2 N–H and O–H groups in total. The van der Waals surface area contributed by atoms with Gasteiger partial charge in [0.2, 0.25) is 0 Å². The van der Waals surface area contributed by atoms with E-state index in [0.29, 0.717) is 0 Å². The lowest BCUT2D eigenvalue weighted by atomic mass is 10.6. The summed E-state index contributed by atoms with van der Waals surface area (Å²) in [5, 5.41) is 16.3. The third kappa shape index (κ3) is 5.52. The molecule has 0 atom stereocenters. The van der Waals surface area contributed by atoms with Crippen LogP contribution in [-0.4, -0.2) is 39.2 Å². The average molecular weight is 212 g/mol. The van der Waals surface area contributed by atoms with Gasteiger partial charge in [0.25, 0.3) is 0 Å². The van der Waals surface area contributed by atoms with Gasteiger partial charge >= 0.3 is 11.9 Å². The van der Waals surface area contributed by atoms with Gasteiger partial charge in [0.05, 0.1) is 0 Å². The molecule has 0 heterocycles. The molecule has 0 bridgehead atoms. The molecule has 58 valence electrons. The fourth-order valence-electron chi connectivity index (χ4n) is 0.349. The van der Waals surface area contributed by atoms with Crippen LogP contribution in [0.4, 0.5) is 0 Å². The molecule has 5 nitrogen and oxygen atoms in total. The van der Waals surface area contributed by atoms with Gasteiger partial charge in [-0.15, -0.1) is 0 Å². The smallest absolute Gasteiger partial charge is 0.318 e. The molecule has 0 spiro atoms. The van der Waals surface area contributed by atoms with Gasteiger partial charge in [-0.05, 0) is 0 Å². The van der Waals surface area contributed by atoms with Crippen molar-refractivity contribution in [2.75, 3.05) is 13.1 Å². The molecule has 0 aromatic heterocycles. The van der Waals surface area contributed by atoms with Crippen LogP contribution in [0.25, 0.3) is 0 Å². The largest absolute Gasteiger partial charge is 0.480 e. The van der Waals surface area contributed by atoms with Gasteiger partial charge in [0.15, 0.2) is 0 Å². The first kappa shape index (κ1) is 9.38. The van der Waals surface area contributed by atoms with Crippen molar-refractivity contribution in [3.05, 3.63) is 0 Å². The van der Waals surface area contributed by atoms with Crippen molar-refractivity contribution in [2.24, 2.45) is 0 Å². The number of hydrogen-bond donors (Lipinski definition) is 2. The normalized spacial score (nSPS) is 9.80. The highest BCUT2D eigenvalue weighted by molar-refractivity contribution is 9.07. The number of hydrogen-bond acceptors (Lipinski definition) is 3. The van der Waals surface area contributed by atoms with E-state index < -0.39 is 11.9 Å². The molecular formula is C4H6BrNO4. The van der Waals surface area contributed by atoms with Crippen LogP contribution in [0.2, 0.25) is 0 Å². The summed E-state index contributed by atoms with van der Waals surface area (Å²) in [5.41, 5.74) is 0. The minimum atomic E-state index is -1.07. The van der Waals surface area contributed by atoms with Gasteiger partial charge in [-0.1, -0.05) is 0 Å². The lowest BCUT2D eigenvalue weighted by molar-refractivity contribution is -0.139. The first-order valence-electron chi connectivity index (χ1n) is 2.36. The van der Waals surface area contributed by atoms with Gasteiger partial charge in [0.1, 0.15) is 13.1 Å². The molecule has 0 aromatic carbocycles. The van der Waals surface area contributed by atoms with Crippen LogP contribution in [0.15, 0.2) is 0 Å². The van der Waals surface area contributed by atoms with Gasteiger partial charge in [-0.3, -0.25) is 9.59 Å². The number of rotatable bonds is 4. The SMILES string of the molecule is O=C(O)CN(Br)CC(=O)O. The number of aliphatic carboxylic acids is 2. The van der Waals surface area contributed by atoms with E-state index >= 15 is 0 Å². The monoisotopic (exact) mass is 211 g/mol. The lowest BCUT2D eigenvalue weighted by Crippen LogP contribution is -2.25. The molecule has 0 rings (SSSR count). The first-order chi connectivity index (χ1) is 4.52. The zero-order valence-electron chi connectivity index (χ0n) is 4.95. The Hall–Kier alpha value is -0.620. The molecule has 6 heteroatoms.